The normalized spacial score (nSPS) is 18.0. The van der Waals surface area contributed by atoms with Crippen molar-refractivity contribution in [3.05, 3.63) is 0 Å². The Kier molecular flexibility index (Phi) is 10.4. The Morgan fingerprint density at radius 3 is 2.16 bits per heavy atom. The van der Waals surface area contributed by atoms with Crippen molar-refractivity contribution in [2.24, 2.45) is 4.99 Å². The summed E-state index contributed by atoms with van der Waals surface area (Å²) in [5, 5.41) is 7.06. The van der Waals surface area contributed by atoms with Crippen LogP contribution in [-0.4, -0.2) is 72.7 Å². The molecule has 0 atom stereocenters. The summed E-state index contributed by atoms with van der Waals surface area (Å²) >= 11 is 0. The molecule has 0 saturated carbocycles. The Morgan fingerprint density at radius 2 is 1.68 bits per heavy atom. The molecule has 0 aromatic carbocycles. The fraction of sp³-hybridized carbons (Fsp3) is 0.950. The number of rotatable bonds is 9. The van der Waals surface area contributed by atoms with E-state index in [0.717, 1.165) is 32.0 Å². The molecule has 1 heterocycles. The molecular formula is C20H43N5. The first-order valence-electron chi connectivity index (χ1n) is 10.4. The lowest BCUT2D eigenvalue weighted by Gasteiger charge is -2.35. The third kappa shape index (κ3) is 8.41. The molecule has 0 aromatic heterocycles. The first-order valence-corrected chi connectivity index (χ1v) is 10.4. The number of likely N-dealkylation sites (tertiary alicyclic amines) is 1. The molecule has 0 spiro atoms. The van der Waals surface area contributed by atoms with Crippen molar-refractivity contribution in [2.45, 2.75) is 91.9 Å². The minimum atomic E-state index is 0.552. The van der Waals surface area contributed by atoms with Gasteiger partial charge in [0.15, 0.2) is 5.96 Å². The van der Waals surface area contributed by atoms with Crippen LogP contribution in [0.25, 0.3) is 0 Å². The molecule has 0 bridgehead atoms. The number of nitrogens with zero attached hydrogens (tertiary/aromatic N) is 3. The van der Waals surface area contributed by atoms with Crippen LogP contribution in [0.4, 0.5) is 0 Å². The molecule has 25 heavy (non-hydrogen) atoms. The number of hydrogen-bond donors (Lipinski definition) is 2. The van der Waals surface area contributed by atoms with E-state index in [1.54, 1.807) is 0 Å². The number of guanidine groups is 1. The molecule has 2 N–H and O–H groups in total. The maximum atomic E-state index is 4.81. The SMILES string of the molecule is CCNC(=NCCCN(C(C)C)C(C)C)NC1CCN(C(C)C)CC1. The highest BCUT2D eigenvalue weighted by atomic mass is 15.2. The van der Waals surface area contributed by atoms with Crippen molar-refractivity contribution >= 4 is 5.96 Å². The summed E-state index contributed by atoms with van der Waals surface area (Å²) in [7, 11) is 0. The monoisotopic (exact) mass is 353 g/mol. The third-order valence-corrected chi connectivity index (χ3v) is 5.12. The van der Waals surface area contributed by atoms with Crippen LogP contribution in [0, 0.1) is 0 Å². The van der Waals surface area contributed by atoms with Gasteiger partial charge >= 0.3 is 0 Å². The topological polar surface area (TPSA) is 42.9 Å². The molecule has 0 radical (unpaired) electrons. The highest BCUT2D eigenvalue weighted by Gasteiger charge is 2.21. The second-order valence-corrected chi connectivity index (χ2v) is 8.09. The molecule has 1 saturated heterocycles. The molecule has 0 aliphatic carbocycles. The van der Waals surface area contributed by atoms with Gasteiger partial charge < -0.3 is 15.5 Å². The van der Waals surface area contributed by atoms with Crippen LogP contribution in [0.1, 0.15) is 67.7 Å². The average Bonchev–Trinajstić information content (AvgIpc) is 2.54. The first kappa shape index (κ1) is 22.2. The van der Waals surface area contributed by atoms with E-state index < -0.39 is 0 Å². The Labute approximate surface area is 156 Å². The van der Waals surface area contributed by atoms with Crippen molar-refractivity contribution in [3.8, 4) is 0 Å². The Bertz CT molecular complexity index is 362. The van der Waals surface area contributed by atoms with E-state index in [1.165, 1.54) is 25.9 Å². The van der Waals surface area contributed by atoms with E-state index in [1.807, 2.05) is 0 Å². The molecule has 5 heteroatoms. The van der Waals surface area contributed by atoms with Gasteiger partial charge in [-0.1, -0.05) is 0 Å². The summed E-state index contributed by atoms with van der Waals surface area (Å²) in [5.74, 6) is 0.992. The van der Waals surface area contributed by atoms with Crippen LogP contribution in [0.5, 0.6) is 0 Å². The molecule has 5 nitrogen and oxygen atoms in total. The Balaban J connectivity index is 2.41. The van der Waals surface area contributed by atoms with Crippen LogP contribution < -0.4 is 10.6 Å². The van der Waals surface area contributed by atoms with Gasteiger partial charge in [0.1, 0.15) is 0 Å². The molecule has 1 aliphatic rings. The molecule has 1 fully saturated rings. The standard InChI is InChI=1S/C20H43N5/c1-8-21-20(22-12-9-13-25(17(4)5)18(6)7)23-19-10-14-24(15-11-19)16(2)3/h16-19H,8-15H2,1-7H3,(H2,21,22,23). The quantitative estimate of drug-likeness (QED) is 0.380. The van der Waals surface area contributed by atoms with Gasteiger partial charge in [-0.2, -0.15) is 0 Å². The Morgan fingerprint density at radius 1 is 1.08 bits per heavy atom. The van der Waals surface area contributed by atoms with E-state index in [0.29, 0.717) is 24.2 Å². The van der Waals surface area contributed by atoms with Gasteiger partial charge in [-0.15, -0.1) is 0 Å². The number of aliphatic imine (C=N–C) groups is 1. The van der Waals surface area contributed by atoms with Gasteiger partial charge in [-0.3, -0.25) is 9.89 Å². The summed E-state index contributed by atoms with van der Waals surface area (Å²) in [6.45, 7) is 21.1. The van der Waals surface area contributed by atoms with Gasteiger partial charge in [-0.25, -0.2) is 0 Å². The predicted octanol–water partition coefficient (Wildman–Crippen LogP) is 2.92. The fourth-order valence-electron chi connectivity index (χ4n) is 3.63. The lowest BCUT2D eigenvalue weighted by atomic mass is 10.0. The maximum Gasteiger partial charge on any atom is 0.191 e. The van der Waals surface area contributed by atoms with Crippen molar-refractivity contribution in [3.63, 3.8) is 0 Å². The smallest absolute Gasteiger partial charge is 0.191 e. The molecule has 1 rings (SSSR count). The van der Waals surface area contributed by atoms with Crippen LogP contribution >= 0.6 is 0 Å². The highest BCUT2D eigenvalue weighted by molar-refractivity contribution is 5.80. The van der Waals surface area contributed by atoms with E-state index in [2.05, 4.69) is 68.9 Å². The lowest BCUT2D eigenvalue weighted by molar-refractivity contribution is 0.167. The summed E-state index contributed by atoms with van der Waals surface area (Å²) in [6, 6.07) is 2.41. The van der Waals surface area contributed by atoms with Crippen molar-refractivity contribution in [1.82, 2.24) is 20.4 Å². The lowest BCUT2D eigenvalue weighted by Crippen LogP contribution is -2.49. The molecule has 0 aromatic rings. The molecule has 148 valence electrons. The largest absolute Gasteiger partial charge is 0.357 e. The van der Waals surface area contributed by atoms with E-state index in [9.17, 15) is 0 Å². The maximum absolute atomic E-state index is 4.81. The van der Waals surface area contributed by atoms with Crippen LogP contribution in [0.15, 0.2) is 4.99 Å². The molecule has 1 aliphatic heterocycles. The predicted molar refractivity (Wildman–Crippen MR) is 110 cm³/mol. The average molecular weight is 354 g/mol. The zero-order valence-corrected chi connectivity index (χ0v) is 17.8. The van der Waals surface area contributed by atoms with Crippen LogP contribution in [0.2, 0.25) is 0 Å². The van der Waals surface area contributed by atoms with Crippen molar-refractivity contribution in [2.75, 3.05) is 32.7 Å². The van der Waals surface area contributed by atoms with Gasteiger partial charge in [0.25, 0.3) is 0 Å². The number of piperidine rings is 1. The minimum absolute atomic E-state index is 0.552. The van der Waals surface area contributed by atoms with Gasteiger partial charge in [0.05, 0.1) is 0 Å². The second-order valence-electron chi connectivity index (χ2n) is 8.09. The first-order chi connectivity index (χ1) is 11.8. The minimum Gasteiger partial charge on any atom is -0.357 e. The summed E-state index contributed by atoms with van der Waals surface area (Å²) in [6.07, 6.45) is 3.52. The molecular weight excluding hydrogens is 310 g/mol. The van der Waals surface area contributed by atoms with Crippen molar-refractivity contribution < 1.29 is 0 Å². The third-order valence-electron chi connectivity index (χ3n) is 5.12. The number of nitrogens with one attached hydrogen (secondary N) is 2. The van der Waals surface area contributed by atoms with Gasteiger partial charge in [0, 0.05) is 56.9 Å². The summed E-state index contributed by atoms with van der Waals surface area (Å²) in [5.41, 5.74) is 0. The summed E-state index contributed by atoms with van der Waals surface area (Å²) in [4.78, 5) is 9.91. The van der Waals surface area contributed by atoms with E-state index in [4.69, 9.17) is 4.99 Å². The second kappa shape index (κ2) is 11.7. The fourth-order valence-corrected chi connectivity index (χ4v) is 3.63. The molecule has 0 unspecified atom stereocenters. The molecule has 0 amide bonds. The van der Waals surface area contributed by atoms with E-state index in [-0.39, 0.29) is 0 Å². The zero-order valence-electron chi connectivity index (χ0n) is 17.8. The zero-order chi connectivity index (χ0) is 18.8. The van der Waals surface area contributed by atoms with Crippen LogP contribution in [-0.2, 0) is 0 Å². The van der Waals surface area contributed by atoms with Gasteiger partial charge in [0.2, 0.25) is 0 Å². The Hall–Kier alpha value is -0.810. The highest BCUT2D eigenvalue weighted by Crippen LogP contribution is 2.12. The van der Waals surface area contributed by atoms with Crippen LogP contribution in [0.3, 0.4) is 0 Å². The number of hydrogen-bond acceptors (Lipinski definition) is 3. The van der Waals surface area contributed by atoms with Crippen molar-refractivity contribution in [1.29, 1.82) is 0 Å². The van der Waals surface area contributed by atoms with Gasteiger partial charge in [-0.05, 0) is 67.7 Å². The summed E-state index contributed by atoms with van der Waals surface area (Å²) < 4.78 is 0. The van der Waals surface area contributed by atoms with E-state index >= 15 is 0 Å².